The molecule has 2 amide bonds. The maximum atomic E-state index is 14.3. The van der Waals surface area contributed by atoms with E-state index in [1.807, 2.05) is 50.8 Å². The third-order valence-electron chi connectivity index (χ3n) is 6.74. The fourth-order valence-electron chi connectivity index (χ4n) is 4.57. The van der Waals surface area contributed by atoms with Crippen molar-refractivity contribution in [3.05, 3.63) is 65.0 Å². The molecular formula is C29H40FN3O2. The monoisotopic (exact) mass is 481 g/mol. The van der Waals surface area contributed by atoms with Gasteiger partial charge in [-0.25, -0.2) is 4.39 Å². The first kappa shape index (κ1) is 26.9. The van der Waals surface area contributed by atoms with Gasteiger partial charge >= 0.3 is 0 Å². The Balaban J connectivity index is 1.83. The van der Waals surface area contributed by atoms with Crippen molar-refractivity contribution in [2.24, 2.45) is 5.92 Å². The summed E-state index contributed by atoms with van der Waals surface area (Å²) in [5.74, 6) is -0.475. The topological polar surface area (TPSA) is 61.4 Å². The lowest BCUT2D eigenvalue weighted by molar-refractivity contribution is -0.121. The third-order valence-corrected chi connectivity index (χ3v) is 6.74. The standard InChI is InChI=1S/C29H40FN3O2/c1-21(2)28(35)33-17-11-7-5-6-10-16-31-19-23-18-22(14-15-26(23)33)27(34)32-20-29(3,4)24-12-8-9-13-25(24)30/h8-9,12-15,18,21,31H,5-7,10-11,16-17,19-20H2,1-4H3,(H,32,34). The van der Waals surface area contributed by atoms with E-state index in [1.54, 1.807) is 18.2 Å². The van der Waals surface area contributed by atoms with Crippen molar-refractivity contribution in [1.82, 2.24) is 10.6 Å². The van der Waals surface area contributed by atoms with E-state index in [4.69, 9.17) is 0 Å². The first-order valence-electron chi connectivity index (χ1n) is 12.9. The lowest BCUT2D eigenvalue weighted by atomic mass is 9.84. The molecular weight excluding hydrogens is 441 g/mol. The number of carbonyl (C=O) groups excluding carboxylic acids is 2. The molecule has 5 nitrogen and oxygen atoms in total. The van der Waals surface area contributed by atoms with Crippen LogP contribution in [-0.4, -0.2) is 31.4 Å². The van der Waals surface area contributed by atoms with E-state index >= 15 is 0 Å². The van der Waals surface area contributed by atoms with Gasteiger partial charge in [0.25, 0.3) is 5.91 Å². The molecule has 0 atom stereocenters. The molecule has 0 aromatic heterocycles. The number of carbonyl (C=O) groups is 2. The number of halogens is 1. The first-order valence-corrected chi connectivity index (χ1v) is 12.9. The number of nitrogens with zero attached hydrogens (tertiary/aromatic N) is 1. The summed E-state index contributed by atoms with van der Waals surface area (Å²) in [5.41, 5.74) is 2.38. The number of hydrogen-bond donors (Lipinski definition) is 2. The highest BCUT2D eigenvalue weighted by Crippen LogP contribution is 2.27. The van der Waals surface area contributed by atoms with Gasteiger partial charge in [0.2, 0.25) is 5.91 Å². The van der Waals surface area contributed by atoms with Gasteiger partial charge in [-0.15, -0.1) is 0 Å². The zero-order chi connectivity index (χ0) is 25.4. The molecule has 0 spiro atoms. The summed E-state index contributed by atoms with van der Waals surface area (Å²) < 4.78 is 14.3. The van der Waals surface area contributed by atoms with Gasteiger partial charge in [-0.2, -0.15) is 0 Å². The van der Waals surface area contributed by atoms with Gasteiger partial charge in [-0.1, -0.05) is 65.2 Å². The predicted molar refractivity (Wildman–Crippen MR) is 140 cm³/mol. The summed E-state index contributed by atoms with van der Waals surface area (Å²) >= 11 is 0. The van der Waals surface area contributed by atoms with Crippen LogP contribution in [0.3, 0.4) is 0 Å². The Morgan fingerprint density at radius 2 is 1.77 bits per heavy atom. The average Bonchev–Trinajstić information content (AvgIpc) is 2.82. The van der Waals surface area contributed by atoms with Crippen molar-refractivity contribution in [2.75, 3.05) is 24.5 Å². The van der Waals surface area contributed by atoms with Crippen LogP contribution >= 0.6 is 0 Å². The van der Waals surface area contributed by atoms with Gasteiger partial charge in [0.15, 0.2) is 0 Å². The van der Waals surface area contributed by atoms with Crippen LogP contribution in [0.1, 0.15) is 81.3 Å². The molecule has 2 aromatic rings. The van der Waals surface area contributed by atoms with Crippen molar-refractivity contribution in [3.8, 4) is 0 Å². The van der Waals surface area contributed by atoms with Crippen molar-refractivity contribution in [1.29, 1.82) is 0 Å². The summed E-state index contributed by atoms with van der Waals surface area (Å²) in [6, 6.07) is 12.3. The lowest BCUT2D eigenvalue weighted by Gasteiger charge is -2.28. The van der Waals surface area contributed by atoms with Gasteiger partial charge in [0.05, 0.1) is 0 Å². The molecule has 0 aliphatic carbocycles. The van der Waals surface area contributed by atoms with Crippen molar-refractivity contribution < 1.29 is 14.0 Å². The van der Waals surface area contributed by atoms with Gasteiger partial charge in [0, 0.05) is 42.2 Å². The van der Waals surface area contributed by atoms with Crippen LogP contribution in [0, 0.1) is 11.7 Å². The summed E-state index contributed by atoms with van der Waals surface area (Å²) in [6.45, 7) is 10.2. The molecule has 190 valence electrons. The Kier molecular flexibility index (Phi) is 9.44. The van der Waals surface area contributed by atoms with Gasteiger partial charge in [-0.05, 0) is 54.8 Å². The summed E-state index contributed by atoms with van der Waals surface area (Å²) in [6.07, 6.45) is 5.56. The lowest BCUT2D eigenvalue weighted by Crippen LogP contribution is -2.38. The van der Waals surface area contributed by atoms with Crippen molar-refractivity contribution >= 4 is 17.5 Å². The van der Waals surface area contributed by atoms with Crippen molar-refractivity contribution in [3.63, 3.8) is 0 Å². The second-order valence-corrected chi connectivity index (χ2v) is 10.5. The van der Waals surface area contributed by atoms with Gasteiger partial charge in [-0.3, -0.25) is 9.59 Å². The molecule has 0 fully saturated rings. The Morgan fingerprint density at radius 1 is 1.06 bits per heavy atom. The minimum absolute atomic E-state index is 0.104. The van der Waals surface area contributed by atoms with Gasteiger partial charge in [0.1, 0.15) is 5.82 Å². The minimum Gasteiger partial charge on any atom is -0.351 e. The molecule has 0 saturated heterocycles. The van der Waals surface area contributed by atoms with Gasteiger partial charge < -0.3 is 15.5 Å². The first-order chi connectivity index (χ1) is 16.7. The second kappa shape index (κ2) is 12.3. The van der Waals surface area contributed by atoms with E-state index in [1.165, 1.54) is 18.9 Å². The SMILES string of the molecule is CC(C)C(=O)N1CCCCCCCNCc2cc(C(=O)NCC(C)(C)c3ccccc3F)ccc21. The highest BCUT2D eigenvalue weighted by molar-refractivity contribution is 5.98. The maximum Gasteiger partial charge on any atom is 0.251 e. The van der Waals surface area contributed by atoms with Crippen LogP contribution in [0.2, 0.25) is 0 Å². The van der Waals surface area contributed by atoms with Crippen LogP contribution in [0.15, 0.2) is 42.5 Å². The molecule has 2 N–H and O–H groups in total. The fraction of sp³-hybridized carbons (Fsp3) is 0.517. The summed E-state index contributed by atoms with van der Waals surface area (Å²) in [7, 11) is 0. The van der Waals surface area contributed by atoms with E-state index in [2.05, 4.69) is 10.6 Å². The van der Waals surface area contributed by atoms with Crippen LogP contribution in [-0.2, 0) is 16.8 Å². The molecule has 0 bridgehead atoms. The smallest absolute Gasteiger partial charge is 0.251 e. The minimum atomic E-state index is -0.556. The van der Waals surface area contributed by atoms with E-state index in [-0.39, 0.29) is 23.5 Å². The predicted octanol–water partition coefficient (Wildman–Crippen LogP) is 5.58. The van der Waals surface area contributed by atoms with E-state index < -0.39 is 5.41 Å². The number of anilines is 1. The molecule has 1 aliphatic heterocycles. The number of nitrogens with one attached hydrogen (secondary N) is 2. The van der Waals surface area contributed by atoms with E-state index in [9.17, 15) is 14.0 Å². The number of fused-ring (bicyclic) bond motifs is 1. The maximum absolute atomic E-state index is 14.3. The molecule has 3 rings (SSSR count). The van der Waals surface area contributed by atoms with Crippen LogP contribution in [0.25, 0.3) is 0 Å². The fourth-order valence-corrected chi connectivity index (χ4v) is 4.57. The van der Waals surface area contributed by atoms with Crippen LogP contribution in [0.5, 0.6) is 0 Å². The average molecular weight is 482 g/mol. The Labute approximate surface area is 209 Å². The zero-order valence-electron chi connectivity index (χ0n) is 21.6. The largest absolute Gasteiger partial charge is 0.351 e. The Morgan fingerprint density at radius 3 is 2.51 bits per heavy atom. The molecule has 1 aliphatic rings. The quantitative estimate of drug-likeness (QED) is 0.586. The number of benzene rings is 2. The molecule has 35 heavy (non-hydrogen) atoms. The second-order valence-electron chi connectivity index (χ2n) is 10.5. The Bertz CT molecular complexity index is 1020. The molecule has 0 radical (unpaired) electrons. The normalized spacial score (nSPS) is 15.7. The van der Waals surface area contributed by atoms with E-state index in [0.29, 0.717) is 30.8 Å². The van der Waals surface area contributed by atoms with Crippen molar-refractivity contribution in [2.45, 2.75) is 71.8 Å². The molecule has 6 heteroatoms. The summed E-state index contributed by atoms with van der Waals surface area (Å²) in [5, 5.41) is 6.47. The van der Waals surface area contributed by atoms with Crippen LogP contribution in [0.4, 0.5) is 10.1 Å². The molecule has 0 saturated carbocycles. The third kappa shape index (κ3) is 7.14. The highest BCUT2D eigenvalue weighted by Gasteiger charge is 2.26. The summed E-state index contributed by atoms with van der Waals surface area (Å²) in [4.78, 5) is 28.1. The zero-order valence-corrected chi connectivity index (χ0v) is 21.6. The molecule has 1 heterocycles. The van der Waals surface area contributed by atoms with E-state index in [0.717, 1.165) is 37.1 Å². The number of amides is 2. The molecule has 2 aromatic carbocycles. The number of rotatable bonds is 5. The van der Waals surface area contributed by atoms with Crippen LogP contribution < -0.4 is 15.5 Å². The Hall–Kier alpha value is -2.73. The highest BCUT2D eigenvalue weighted by atomic mass is 19.1. The molecule has 0 unspecified atom stereocenters. The number of hydrogen-bond acceptors (Lipinski definition) is 3.